The maximum Gasteiger partial charge on any atom is 0.0534 e. The first-order valence-electron chi connectivity index (χ1n) is 5.12. The van der Waals surface area contributed by atoms with E-state index >= 15 is 0 Å². The van der Waals surface area contributed by atoms with Crippen LogP contribution >= 0.6 is 27.5 Å². The summed E-state index contributed by atoms with van der Waals surface area (Å²) in [6, 6.07) is 8.10. The summed E-state index contributed by atoms with van der Waals surface area (Å²) in [6.07, 6.45) is 2.17. The lowest BCUT2D eigenvalue weighted by atomic mass is 9.83. The highest BCUT2D eigenvalue weighted by molar-refractivity contribution is 9.09. The summed E-state index contributed by atoms with van der Waals surface area (Å²) in [4.78, 5) is 0. The smallest absolute Gasteiger partial charge is 0.0534 e. The fourth-order valence-electron chi connectivity index (χ4n) is 2.02. The van der Waals surface area contributed by atoms with Crippen molar-refractivity contribution in [2.24, 2.45) is 5.41 Å². The fourth-order valence-corrected chi connectivity index (χ4v) is 2.87. The van der Waals surface area contributed by atoms with Crippen molar-refractivity contribution >= 4 is 27.5 Å². The SMILES string of the molecule is Clc1cccc(CC2(CBr)CCOC2)c1. The van der Waals surface area contributed by atoms with Crippen molar-refractivity contribution in [2.45, 2.75) is 12.8 Å². The van der Waals surface area contributed by atoms with Gasteiger partial charge in [0, 0.05) is 22.4 Å². The third-order valence-electron chi connectivity index (χ3n) is 2.94. The Labute approximate surface area is 104 Å². The van der Waals surface area contributed by atoms with Crippen molar-refractivity contribution in [1.29, 1.82) is 0 Å². The van der Waals surface area contributed by atoms with Gasteiger partial charge >= 0.3 is 0 Å². The molecule has 3 heteroatoms. The van der Waals surface area contributed by atoms with Gasteiger partial charge in [-0.15, -0.1) is 0 Å². The summed E-state index contributed by atoms with van der Waals surface area (Å²) >= 11 is 9.57. The molecule has 1 aromatic rings. The molecule has 15 heavy (non-hydrogen) atoms. The molecule has 0 spiro atoms. The second-order valence-corrected chi connectivity index (χ2v) is 5.24. The van der Waals surface area contributed by atoms with Crippen molar-refractivity contribution < 1.29 is 4.74 Å². The van der Waals surface area contributed by atoms with E-state index in [1.165, 1.54) is 5.56 Å². The number of hydrogen-bond donors (Lipinski definition) is 0. The minimum atomic E-state index is 0.269. The van der Waals surface area contributed by atoms with Crippen LogP contribution in [0.2, 0.25) is 5.02 Å². The molecule has 2 rings (SSSR count). The van der Waals surface area contributed by atoms with Crippen LogP contribution in [-0.4, -0.2) is 18.5 Å². The molecule has 0 saturated carbocycles. The number of benzene rings is 1. The Morgan fingerprint density at radius 2 is 2.33 bits per heavy atom. The molecule has 0 bridgehead atoms. The van der Waals surface area contributed by atoms with Gasteiger partial charge in [-0.2, -0.15) is 0 Å². The molecule has 1 atom stereocenters. The second-order valence-electron chi connectivity index (χ2n) is 4.24. The molecule has 0 amide bonds. The molecular formula is C12H14BrClO. The van der Waals surface area contributed by atoms with E-state index < -0.39 is 0 Å². The van der Waals surface area contributed by atoms with Crippen LogP contribution in [0.3, 0.4) is 0 Å². The van der Waals surface area contributed by atoms with Gasteiger partial charge in [-0.05, 0) is 30.5 Å². The first kappa shape index (κ1) is 11.4. The lowest BCUT2D eigenvalue weighted by Gasteiger charge is -2.24. The Morgan fingerprint density at radius 1 is 1.47 bits per heavy atom. The topological polar surface area (TPSA) is 9.23 Å². The van der Waals surface area contributed by atoms with Crippen LogP contribution < -0.4 is 0 Å². The highest BCUT2D eigenvalue weighted by Gasteiger charge is 2.33. The summed E-state index contributed by atoms with van der Waals surface area (Å²) in [7, 11) is 0. The van der Waals surface area contributed by atoms with Crippen LogP contribution in [0, 0.1) is 5.41 Å². The van der Waals surface area contributed by atoms with Gasteiger partial charge in [0.05, 0.1) is 6.61 Å². The Balaban J connectivity index is 2.12. The summed E-state index contributed by atoms with van der Waals surface area (Å²) < 4.78 is 5.49. The van der Waals surface area contributed by atoms with Gasteiger partial charge in [-0.25, -0.2) is 0 Å². The summed E-state index contributed by atoms with van der Waals surface area (Å²) in [5.41, 5.74) is 1.57. The van der Waals surface area contributed by atoms with Crippen LogP contribution in [0.4, 0.5) is 0 Å². The third kappa shape index (κ3) is 2.74. The van der Waals surface area contributed by atoms with Crippen LogP contribution in [0.5, 0.6) is 0 Å². The molecule has 1 aliphatic heterocycles. The zero-order valence-electron chi connectivity index (χ0n) is 8.51. The van der Waals surface area contributed by atoms with Crippen LogP contribution in [0.1, 0.15) is 12.0 Å². The molecule has 1 aromatic carbocycles. The summed E-state index contributed by atoms with van der Waals surface area (Å²) in [5.74, 6) is 0. The van der Waals surface area contributed by atoms with Crippen molar-refractivity contribution in [3.8, 4) is 0 Å². The first-order valence-corrected chi connectivity index (χ1v) is 6.62. The van der Waals surface area contributed by atoms with Crippen molar-refractivity contribution in [3.05, 3.63) is 34.9 Å². The van der Waals surface area contributed by atoms with Gasteiger partial charge < -0.3 is 4.74 Å². The number of hydrogen-bond acceptors (Lipinski definition) is 1. The molecular weight excluding hydrogens is 275 g/mol. The molecule has 1 nitrogen and oxygen atoms in total. The van der Waals surface area contributed by atoms with Crippen LogP contribution in [0.25, 0.3) is 0 Å². The Hall–Kier alpha value is -0.0500. The van der Waals surface area contributed by atoms with E-state index in [2.05, 4.69) is 22.0 Å². The Bertz CT molecular complexity index is 334. The molecule has 82 valence electrons. The van der Waals surface area contributed by atoms with Gasteiger partial charge in [0.1, 0.15) is 0 Å². The van der Waals surface area contributed by atoms with E-state index in [0.717, 1.165) is 36.4 Å². The third-order valence-corrected chi connectivity index (χ3v) is 4.36. The standard InChI is InChI=1S/C12H14BrClO/c13-8-12(4-5-15-9-12)7-10-2-1-3-11(14)6-10/h1-3,6H,4-5,7-9H2. The van der Waals surface area contributed by atoms with E-state index in [1.54, 1.807) is 0 Å². The minimum absolute atomic E-state index is 0.269. The largest absolute Gasteiger partial charge is 0.381 e. The Kier molecular flexibility index (Phi) is 3.70. The molecule has 1 fully saturated rings. The number of alkyl halides is 1. The Morgan fingerprint density at radius 3 is 2.93 bits per heavy atom. The predicted molar refractivity (Wildman–Crippen MR) is 66.8 cm³/mol. The lowest BCUT2D eigenvalue weighted by Crippen LogP contribution is -2.25. The number of ether oxygens (including phenoxy) is 1. The van der Waals surface area contributed by atoms with E-state index in [1.807, 2.05) is 18.2 Å². The molecule has 1 unspecified atom stereocenters. The predicted octanol–water partition coefficient (Wildman–Crippen LogP) is 3.68. The molecule has 1 aliphatic rings. The second kappa shape index (κ2) is 4.86. The van der Waals surface area contributed by atoms with Crippen LogP contribution in [0.15, 0.2) is 24.3 Å². The van der Waals surface area contributed by atoms with Crippen molar-refractivity contribution in [1.82, 2.24) is 0 Å². The quantitative estimate of drug-likeness (QED) is 0.771. The summed E-state index contributed by atoms with van der Waals surface area (Å²) in [5, 5.41) is 1.81. The maximum absolute atomic E-state index is 5.98. The average molecular weight is 290 g/mol. The highest BCUT2D eigenvalue weighted by Crippen LogP contribution is 2.34. The lowest BCUT2D eigenvalue weighted by molar-refractivity contribution is 0.162. The van der Waals surface area contributed by atoms with E-state index in [-0.39, 0.29) is 5.41 Å². The highest BCUT2D eigenvalue weighted by atomic mass is 79.9. The number of rotatable bonds is 3. The van der Waals surface area contributed by atoms with E-state index in [0.29, 0.717) is 0 Å². The normalized spacial score (nSPS) is 25.7. The average Bonchev–Trinajstić information content (AvgIpc) is 2.67. The first-order chi connectivity index (χ1) is 7.24. The fraction of sp³-hybridized carbons (Fsp3) is 0.500. The molecule has 0 aliphatic carbocycles. The van der Waals surface area contributed by atoms with Crippen molar-refractivity contribution in [2.75, 3.05) is 18.5 Å². The van der Waals surface area contributed by atoms with Crippen LogP contribution in [-0.2, 0) is 11.2 Å². The maximum atomic E-state index is 5.98. The molecule has 0 N–H and O–H groups in total. The molecule has 0 aromatic heterocycles. The molecule has 1 saturated heterocycles. The zero-order valence-corrected chi connectivity index (χ0v) is 10.9. The van der Waals surface area contributed by atoms with Crippen molar-refractivity contribution in [3.63, 3.8) is 0 Å². The van der Waals surface area contributed by atoms with Gasteiger partial charge in [0.15, 0.2) is 0 Å². The van der Waals surface area contributed by atoms with E-state index in [4.69, 9.17) is 16.3 Å². The minimum Gasteiger partial charge on any atom is -0.381 e. The molecule has 0 radical (unpaired) electrons. The molecule has 1 heterocycles. The zero-order chi connectivity index (χ0) is 10.7. The van der Waals surface area contributed by atoms with Gasteiger partial charge in [0.25, 0.3) is 0 Å². The van der Waals surface area contributed by atoms with Gasteiger partial charge in [-0.1, -0.05) is 39.7 Å². The number of halogens is 2. The summed E-state index contributed by atoms with van der Waals surface area (Å²) in [6.45, 7) is 1.73. The van der Waals surface area contributed by atoms with E-state index in [9.17, 15) is 0 Å². The van der Waals surface area contributed by atoms with Gasteiger partial charge in [-0.3, -0.25) is 0 Å². The monoisotopic (exact) mass is 288 g/mol. The van der Waals surface area contributed by atoms with Gasteiger partial charge in [0.2, 0.25) is 0 Å².